The SMILES string of the molecule is C1COCCN1.CNc1cc(Nc2cnc(C#N)cn2)nnc1OC. The van der Waals surface area contributed by atoms with Gasteiger partial charge in [-0.3, -0.25) is 0 Å². The maximum absolute atomic E-state index is 8.63. The summed E-state index contributed by atoms with van der Waals surface area (Å²) in [5.74, 6) is 1.36. The second-order valence-corrected chi connectivity index (χ2v) is 4.79. The number of hydrogen-bond acceptors (Lipinski definition) is 10. The molecule has 0 amide bonds. The normalized spacial score (nSPS) is 13.0. The Morgan fingerprint density at radius 1 is 1.20 bits per heavy atom. The van der Waals surface area contributed by atoms with E-state index in [0.29, 0.717) is 23.2 Å². The van der Waals surface area contributed by atoms with E-state index >= 15 is 0 Å². The molecule has 0 aliphatic carbocycles. The minimum absolute atomic E-state index is 0.252. The van der Waals surface area contributed by atoms with Crippen LogP contribution >= 0.6 is 0 Å². The molecule has 0 bridgehead atoms. The van der Waals surface area contributed by atoms with Gasteiger partial charge in [-0.1, -0.05) is 0 Å². The second-order valence-electron chi connectivity index (χ2n) is 4.79. The molecular weight excluding hydrogens is 324 g/mol. The monoisotopic (exact) mass is 344 g/mol. The van der Waals surface area contributed by atoms with E-state index in [9.17, 15) is 0 Å². The number of nitrogens with zero attached hydrogens (tertiary/aromatic N) is 5. The van der Waals surface area contributed by atoms with E-state index in [1.54, 1.807) is 13.1 Å². The van der Waals surface area contributed by atoms with Gasteiger partial charge in [0.05, 0.1) is 32.7 Å². The van der Waals surface area contributed by atoms with Gasteiger partial charge in [0.15, 0.2) is 11.5 Å². The number of anilines is 3. The molecule has 1 aliphatic heterocycles. The Labute approximate surface area is 145 Å². The molecule has 0 radical (unpaired) electrons. The zero-order valence-electron chi connectivity index (χ0n) is 14.1. The lowest BCUT2D eigenvalue weighted by Gasteiger charge is -2.10. The number of nitrogens with one attached hydrogen (secondary N) is 3. The van der Waals surface area contributed by atoms with Crippen molar-refractivity contribution in [3.63, 3.8) is 0 Å². The molecule has 25 heavy (non-hydrogen) atoms. The van der Waals surface area contributed by atoms with Crippen molar-refractivity contribution >= 4 is 17.3 Å². The van der Waals surface area contributed by atoms with E-state index in [-0.39, 0.29) is 5.69 Å². The summed E-state index contributed by atoms with van der Waals surface area (Å²) < 4.78 is 10.1. The first kappa shape index (κ1) is 18.3. The molecule has 1 aliphatic rings. The van der Waals surface area contributed by atoms with E-state index < -0.39 is 0 Å². The van der Waals surface area contributed by atoms with Gasteiger partial charge < -0.3 is 25.4 Å². The van der Waals surface area contributed by atoms with E-state index in [1.165, 1.54) is 19.5 Å². The van der Waals surface area contributed by atoms with Gasteiger partial charge in [-0.15, -0.1) is 10.2 Å². The highest BCUT2D eigenvalue weighted by atomic mass is 16.5. The van der Waals surface area contributed by atoms with Gasteiger partial charge in [0, 0.05) is 26.2 Å². The Balaban J connectivity index is 0.000000316. The quantitative estimate of drug-likeness (QED) is 0.722. The van der Waals surface area contributed by atoms with Crippen LogP contribution in [0.5, 0.6) is 5.88 Å². The molecule has 0 aromatic carbocycles. The molecule has 3 rings (SSSR count). The fraction of sp³-hybridized carbons (Fsp3) is 0.400. The van der Waals surface area contributed by atoms with Gasteiger partial charge in [-0.2, -0.15) is 5.26 Å². The second kappa shape index (κ2) is 9.96. The van der Waals surface area contributed by atoms with Crippen molar-refractivity contribution in [1.29, 1.82) is 5.26 Å². The Bertz CT molecular complexity index is 686. The molecule has 3 heterocycles. The molecule has 0 unspecified atom stereocenters. The largest absolute Gasteiger partial charge is 0.478 e. The Kier molecular flexibility index (Phi) is 7.30. The van der Waals surface area contributed by atoms with Crippen LogP contribution in [-0.4, -0.2) is 60.6 Å². The van der Waals surface area contributed by atoms with Crippen molar-refractivity contribution in [1.82, 2.24) is 25.5 Å². The molecule has 132 valence electrons. The fourth-order valence-electron chi connectivity index (χ4n) is 1.87. The molecule has 0 spiro atoms. The highest BCUT2D eigenvalue weighted by Gasteiger charge is 2.06. The molecule has 3 N–H and O–H groups in total. The van der Waals surface area contributed by atoms with E-state index in [4.69, 9.17) is 14.7 Å². The van der Waals surface area contributed by atoms with Crippen LogP contribution in [0.1, 0.15) is 5.69 Å². The molecule has 0 saturated carbocycles. The minimum Gasteiger partial charge on any atom is -0.478 e. The first-order valence-corrected chi connectivity index (χ1v) is 7.64. The van der Waals surface area contributed by atoms with Crippen molar-refractivity contribution in [2.75, 3.05) is 51.1 Å². The predicted octanol–water partition coefficient (Wildman–Crippen LogP) is 0.538. The number of ether oxygens (including phenoxy) is 2. The van der Waals surface area contributed by atoms with Crippen molar-refractivity contribution in [2.24, 2.45) is 0 Å². The highest BCUT2D eigenvalue weighted by molar-refractivity contribution is 5.61. The van der Waals surface area contributed by atoms with Gasteiger partial charge in [-0.05, 0) is 0 Å². The van der Waals surface area contributed by atoms with Crippen molar-refractivity contribution in [3.8, 4) is 11.9 Å². The third-order valence-corrected chi connectivity index (χ3v) is 3.09. The van der Waals surface area contributed by atoms with Crippen LogP contribution in [0.2, 0.25) is 0 Å². The molecule has 10 nitrogen and oxygen atoms in total. The smallest absolute Gasteiger partial charge is 0.256 e. The number of morpholine rings is 1. The molecule has 1 fully saturated rings. The lowest BCUT2D eigenvalue weighted by molar-refractivity contribution is 0.109. The topological polar surface area (TPSA) is 130 Å². The van der Waals surface area contributed by atoms with Crippen LogP contribution < -0.4 is 20.7 Å². The van der Waals surface area contributed by atoms with Crippen LogP contribution in [0, 0.1) is 11.3 Å². The lowest BCUT2D eigenvalue weighted by atomic mass is 10.4. The lowest BCUT2D eigenvalue weighted by Crippen LogP contribution is -2.30. The van der Waals surface area contributed by atoms with Crippen LogP contribution in [-0.2, 0) is 4.74 Å². The number of nitriles is 1. The summed E-state index contributed by atoms with van der Waals surface area (Å²) in [6.07, 6.45) is 2.82. The van der Waals surface area contributed by atoms with E-state index in [2.05, 4.69) is 36.1 Å². The molecular formula is C15H20N8O2. The van der Waals surface area contributed by atoms with Gasteiger partial charge in [0.25, 0.3) is 5.88 Å². The first-order chi connectivity index (χ1) is 12.3. The average molecular weight is 344 g/mol. The number of hydrogen-bond donors (Lipinski definition) is 3. The van der Waals surface area contributed by atoms with Crippen LogP contribution in [0.3, 0.4) is 0 Å². The van der Waals surface area contributed by atoms with Gasteiger partial charge in [-0.25, -0.2) is 9.97 Å². The highest BCUT2D eigenvalue weighted by Crippen LogP contribution is 2.23. The Hall–Kier alpha value is -3.03. The van der Waals surface area contributed by atoms with Gasteiger partial charge in [0.1, 0.15) is 17.6 Å². The Morgan fingerprint density at radius 3 is 2.48 bits per heavy atom. The average Bonchev–Trinajstić information content (AvgIpc) is 2.70. The summed E-state index contributed by atoms with van der Waals surface area (Å²) >= 11 is 0. The first-order valence-electron chi connectivity index (χ1n) is 7.64. The maximum Gasteiger partial charge on any atom is 0.256 e. The van der Waals surface area contributed by atoms with Crippen LogP contribution in [0.15, 0.2) is 18.5 Å². The standard InChI is InChI=1S/C11H11N7O.C4H9NO/c1-13-8-3-9(17-18-11(8)19-2)16-10-6-14-7(4-12)5-15-10;1-3-6-4-2-5-1/h3,5-6H,1-2H3,(H2,13,15,16,17);5H,1-4H2. The third kappa shape index (κ3) is 5.83. The number of aromatic nitrogens is 4. The summed E-state index contributed by atoms with van der Waals surface area (Å²) in [4.78, 5) is 7.92. The fourth-order valence-corrected chi connectivity index (χ4v) is 1.87. The summed E-state index contributed by atoms with van der Waals surface area (Å²) in [6, 6.07) is 3.62. The summed E-state index contributed by atoms with van der Waals surface area (Å²) in [5, 5.41) is 25.5. The van der Waals surface area contributed by atoms with Crippen LogP contribution in [0.25, 0.3) is 0 Å². The number of rotatable bonds is 4. The Morgan fingerprint density at radius 2 is 2.00 bits per heavy atom. The van der Waals surface area contributed by atoms with Crippen LogP contribution in [0.4, 0.5) is 17.3 Å². The maximum atomic E-state index is 8.63. The summed E-state index contributed by atoms with van der Waals surface area (Å²) in [5.41, 5.74) is 0.948. The zero-order valence-corrected chi connectivity index (χ0v) is 14.1. The summed E-state index contributed by atoms with van der Waals surface area (Å²) in [7, 11) is 3.27. The van der Waals surface area contributed by atoms with Crippen molar-refractivity contribution in [2.45, 2.75) is 0 Å². The van der Waals surface area contributed by atoms with Crippen molar-refractivity contribution in [3.05, 3.63) is 24.2 Å². The van der Waals surface area contributed by atoms with Crippen molar-refractivity contribution < 1.29 is 9.47 Å². The molecule has 0 atom stereocenters. The molecule has 2 aromatic rings. The third-order valence-electron chi connectivity index (χ3n) is 3.09. The number of methoxy groups -OCH3 is 1. The molecule has 2 aromatic heterocycles. The van der Waals surface area contributed by atoms with E-state index in [0.717, 1.165) is 26.3 Å². The summed E-state index contributed by atoms with van der Waals surface area (Å²) in [6.45, 7) is 3.83. The molecule has 10 heteroatoms. The van der Waals surface area contributed by atoms with E-state index in [1.807, 2.05) is 6.07 Å². The minimum atomic E-state index is 0.252. The molecule has 1 saturated heterocycles. The zero-order chi connectivity index (χ0) is 17.9. The van der Waals surface area contributed by atoms with Gasteiger partial charge in [0.2, 0.25) is 0 Å². The van der Waals surface area contributed by atoms with Gasteiger partial charge >= 0.3 is 0 Å². The predicted molar refractivity (Wildman–Crippen MR) is 91.8 cm³/mol.